The summed E-state index contributed by atoms with van der Waals surface area (Å²) in [5.41, 5.74) is 2.01. The van der Waals surface area contributed by atoms with E-state index in [4.69, 9.17) is 0 Å². The molecule has 0 bridgehead atoms. The van der Waals surface area contributed by atoms with Gasteiger partial charge in [0.05, 0.1) is 5.56 Å². The summed E-state index contributed by atoms with van der Waals surface area (Å²) >= 11 is 3.44. The van der Waals surface area contributed by atoms with Crippen LogP contribution < -0.4 is 16.6 Å². The van der Waals surface area contributed by atoms with Gasteiger partial charge < -0.3 is 9.88 Å². The maximum atomic E-state index is 12.0. The van der Waals surface area contributed by atoms with Crippen LogP contribution in [0.15, 0.2) is 38.5 Å². The maximum absolute atomic E-state index is 12.0. The van der Waals surface area contributed by atoms with Crippen LogP contribution >= 0.6 is 15.9 Å². The minimum absolute atomic E-state index is 0.269. The van der Waals surface area contributed by atoms with E-state index in [1.54, 1.807) is 13.2 Å². The molecule has 0 aliphatic rings. The molecule has 6 heteroatoms. The SMILES string of the molecule is Cc1cc(NCc2cn(C)c(=O)n(C)c2=O)ccc1Br. The van der Waals surface area contributed by atoms with Gasteiger partial charge in [0, 0.05) is 37.0 Å². The van der Waals surface area contributed by atoms with E-state index < -0.39 is 0 Å². The van der Waals surface area contributed by atoms with E-state index in [9.17, 15) is 9.59 Å². The van der Waals surface area contributed by atoms with Crippen LogP contribution in [0.1, 0.15) is 11.1 Å². The van der Waals surface area contributed by atoms with Crippen LogP contribution in [-0.2, 0) is 20.6 Å². The summed E-state index contributed by atoms with van der Waals surface area (Å²) < 4.78 is 3.57. The van der Waals surface area contributed by atoms with Crippen molar-refractivity contribution in [3.05, 3.63) is 60.8 Å². The first-order chi connectivity index (χ1) is 9.40. The number of aryl methyl sites for hydroxylation is 2. The van der Waals surface area contributed by atoms with Gasteiger partial charge in [0.1, 0.15) is 0 Å². The normalized spacial score (nSPS) is 10.6. The Labute approximate surface area is 125 Å². The highest BCUT2D eigenvalue weighted by molar-refractivity contribution is 9.10. The van der Waals surface area contributed by atoms with Crippen LogP contribution in [0.2, 0.25) is 0 Å². The third-order valence-electron chi connectivity index (χ3n) is 3.16. The molecule has 2 aromatic rings. The number of aromatic nitrogens is 2. The Hall–Kier alpha value is -1.82. The van der Waals surface area contributed by atoms with Crippen molar-refractivity contribution < 1.29 is 0 Å². The quantitative estimate of drug-likeness (QED) is 0.928. The van der Waals surface area contributed by atoms with E-state index >= 15 is 0 Å². The number of benzene rings is 1. The molecule has 0 saturated heterocycles. The zero-order valence-corrected chi connectivity index (χ0v) is 13.2. The second-order valence-corrected chi connectivity index (χ2v) is 5.58. The molecule has 1 aromatic heterocycles. The Morgan fingerprint density at radius 3 is 2.60 bits per heavy atom. The Morgan fingerprint density at radius 2 is 1.95 bits per heavy atom. The Balaban J connectivity index is 2.25. The molecule has 0 amide bonds. The summed E-state index contributed by atoms with van der Waals surface area (Å²) in [5, 5.41) is 3.19. The smallest absolute Gasteiger partial charge is 0.330 e. The number of nitrogens with one attached hydrogen (secondary N) is 1. The summed E-state index contributed by atoms with van der Waals surface area (Å²) in [7, 11) is 3.12. The lowest BCUT2D eigenvalue weighted by atomic mass is 10.2. The number of anilines is 1. The third-order valence-corrected chi connectivity index (χ3v) is 4.05. The molecule has 0 fully saturated rings. The number of nitrogens with zero attached hydrogens (tertiary/aromatic N) is 2. The number of hydrogen-bond acceptors (Lipinski definition) is 3. The van der Waals surface area contributed by atoms with E-state index in [2.05, 4.69) is 21.2 Å². The first-order valence-electron chi connectivity index (χ1n) is 6.15. The van der Waals surface area contributed by atoms with Gasteiger partial charge >= 0.3 is 5.69 Å². The second kappa shape index (κ2) is 5.66. The topological polar surface area (TPSA) is 56.0 Å². The summed E-state index contributed by atoms with van der Waals surface area (Å²) in [6.07, 6.45) is 1.57. The van der Waals surface area contributed by atoms with Crippen LogP contribution in [0.4, 0.5) is 5.69 Å². The van der Waals surface area contributed by atoms with Gasteiger partial charge in [-0.3, -0.25) is 9.36 Å². The lowest BCUT2D eigenvalue weighted by Crippen LogP contribution is -2.38. The lowest BCUT2D eigenvalue weighted by Gasteiger charge is -2.10. The maximum Gasteiger partial charge on any atom is 0.330 e. The van der Waals surface area contributed by atoms with Crippen molar-refractivity contribution >= 4 is 21.6 Å². The van der Waals surface area contributed by atoms with Crippen molar-refractivity contribution in [2.45, 2.75) is 13.5 Å². The Kier molecular flexibility index (Phi) is 4.13. The van der Waals surface area contributed by atoms with Crippen molar-refractivity contribution in [1.82, 2.24) is 9.13 Å². The fraction of sp³-hybridized carbons (Fsp3) is 0.286. The third kappa shape index (κ3) is 2.85. The highest BCUT2D eigenvalue weighted by Gasteiger charge is 2.06. The van der Waals surface area contributed by atoms with Crippen molar-refractivity contribution in [1.29, 1.82) is 0 Å². The average molecular weight is 338 g/mol. The molecule has 1 aromatic carbocycles. The van der Waals surface area contributed by atoms with Crippen LogP contribution in [-0.4, -0.2) is 9.13 Å². The van der Waals surface area contributed by atoms with Crippen molar-refractivity contribution in [2.75, 3.05) is 5.32 Å². The first kappa shape index (κ1) is 14.6. The standard InChI is InChI=1S/C14H16BrN3O2/c1-9-6-11(4-5-12(9)15)16-7-10-8-17(2)14(20)18(3)13(10)19/h4-6,8,16H,7H2,1-3H3. The molecule has 5 nitrogen and oxygen atoms in total. The van der Waals surface area contributed by atoms with Crippen molar-refractivity contribution in [3.8, 4) is 0 Å². The number of hydrogen-bond donors (Lipinski definition) is 1. The van der Waals surface area contributed by atoms with E-state index in [0.717, 1.165) is 20.3 Å². The fourth-order valence-corrected chi connectivity index (χ4v) is 2.20. The molecule has 0 atom stereocenters. The Morgan fingerprint density at radius 1 is 1.25 bits per heavy atom. The van der Waals surface area contributed by atoms with E-state index in [1.165, 1.54) is 11.6 Å². The molecule has 0 aliphatic carbocycles. The molecule has 1 N–H and O–H groups in total. The van der Waals surface area contributed by atoms with E-state index in [1.807, 2.05) is 25.1 Å². The van der Waals surface area contributed by atoms with E-state index in [-0.39, 0.29) is 11.2 Å². The van der Waals surface area contributed by atoms with Gasteiger partial charge in [-0.2, -0.15) is 0 Å². The summed E-state index contributed by atoms with van der Waals surface area (Å²) in [6, 6.07) is 5.89. The molecule has 20 heavy (non-hydrogen) atoms. The molecule has 0 unspecified atom stereocenters. The largest absolute Gasteiger partial charge is 0.381 e. The van der Waals surface area contributed by atoms with Gasteiger partial charge in [0.25, 0.3) is 5.56 Å². The summed E-state index contributed by atoms with van der Waals surface area (Å²) in [6.45, 7) is 2.38. The molecule has 2 rings (SSSR count). The summed E-state index contributed by atoms with van der Waals surface area (Å²) in [5.74, 6) is 0. The zero-order valence-electron chi connectivity index (χ0n) is 11.6. The lowest BCUT2D eigenvalue weighted by molar-refractivity contribution is 0.671. The highest BCUT2D eigenvalue weighted by atomic mass is 79.9. The van der Waals surface area contributed by atoms with Gasteiger partial charge in [0.2, 0.25) is 0 Å². The summed E-state index contributed by atoms with van der Waals surface area (Å²) in [4.78, 5) is 23.6. The van der Waals surface area contributed by atoms with Gasteiger partial charge in [-0.15, -0.1) is 0 Å². The molecule has 106 valence electrons. The molecular formula is C14H16BrN3O2. The van der Waals surface area contributed by atoms with Gasteiger partial charge in [0.15, 0.2) is 0 Å². The van der Waals surface area contributed by atoms with Crippen LogP contribution in [0.3, 0.4) is 0 Å². The molecule has 0 aliphatic heterocycles. The van der Waals surface area contributed by atoms with Crippen molar-refractivity contribution in [2.24, 2.45) is 14.1 Å². The van der Waals surface area contributed by atoms with Crippen LogP contribution in [0.5, 0.6) is 0 Å². The number of rotatable bonds is 3. The first-order valence-corrected chi connectivity index (χ1v) is 6.95. The fourth-order valence-electron chi connectivity index (χ4n) is 1.96. The molecule has 0 spiro atoms. The molecule has 1 heterocycles. The minimum atomic E-state index is -0.321. The predicted molar refractivity (Wildman–Crippen MR) is 83.1 cm³/mol. The van der Waals surface area contributed by atoms with Gasteiger partial charge in [-0.25, -0.2) is 4.79 Å². The highest BCUT2D eigenvalue weighted by Crippen LogP contribution is 2.20. The van der Waals surface area contributed by atoms with E-state index in [0.29, 0.717) is 12.1 Å². The Bertz CT molecular complexity index is 762. The van der Waals surface area contributed by atoms with Crippen LogP contribution in [0, 0.1) is 6.92 Å². The van der Waals surface area contributed by atoms with Gasteiger partial charge in [-0.05, 0) is 30.7 Å². The van der Waals surface area contributed by atoms with Crippen LogP contribution in [0.25, 0.3) is 0 Å². The monoisotopic (exact) mass is 337 g/mol. The second-order valence-electron chi connectivity index (χ2n) is 4.73. The van der Waals surface area contributed by atoms with Gasteiger partial charge in [-0.1, -0.05) is 15.9 Å². The molecular weight excluding hydrogens is 322 g/mol. The predicted octanol–water partition coefficient (Wildman–Crippen LogP) is 1.77. The minimum Gasteiger partial charge on any atom is -0.381 e. The molecule has 0 radical (unpaired) electrons. The average Bonchev–Trinajstić information content (AvgIpc) is 2.42. The van der Waals surface area contributed by atoms with Crippen molar-refractivity contribution in [3.63, 3.8) is 0 Å². The number of halogens is 1. The zero-order chi connectivity index (χ0) is 14.9. The molecule has 0 saturated carbocycles.